The molecule has 0 aliphatic carbocycles. The summed E-state index contributed by atoms with van der Waals surface area (Å²) in [6, 6.07) is 3.96. The smallest absolute Gasteiger partial charge is 0.308 e. The molecular weight excluding hydrogens is 274 g/mol. The summed E-state index contributed by atoms with van der Waals surface area (Å²) in [4.78, 5) is 13.1. The Hall–Kier alpha value is -1.48. The molecule has 1 aromatic rings. The van der Waals surface area contributed by atoms with Crippen molar-refractivity contribution in [2.24, 2.45) is 5.92 Å². The lowest BCUT2D eigenvalue weighted by Gasteiger charge is -2.29. The third-order valence-corrected chi connectivity index (χ3v) is 3.38. The van der Waals surface area contributed by atoms with E-state index in [0.29, 0.717) is 18.1 Å². The number of carboxylic acids is 1. The van der Waals surface area contributed by atoms with E-state index < -0.39 is 11.9 Å². The molecule has 0 spiro atoms. The Bertz CT molecular complexity index is 502. The normalized spacial score (nSPS) is 12.1. The minimum Gasteiger partial charge on any atom is -0.481 e. The van der Waals surface area contributed by atoms with Crippen molar-refractivity contribution in [1.82, 2.24) is 0 Å². The minimum absolute atomic E-state index is 0.409. The minimum atomic E-state index is -0.808. The van der Waals surface area contributed by atoms with Crippen molar-refractivity contribution < 1.29 is 9.90 Å². The molecule has 1 unspecified atom stereocenters. The van der Waals surface area contributed by atoms with Gasteiger partial charge < -0.3 is 10.0 Å². The molecule has 0 bridgehead atoms. The average Bonchev–Trinajstić information content (AvgIpc) is 2.25. The Morgan fingerprint density at radius 2 is 2.05 bits per heavy atom. The molecule has 0 aromatic heterocycles. The van der Waals surface area contributed by atoms with Gasteiger partial charge >= 0.3 is 5.97 Å². The lowest BCUT2D eigenvalue weighted by Crippen LogP contribution is -2.33. The van der Waals surface area contributed by atoms with Crippen molar-refractivity contribution >= 4 is 23.3 Å². The lowest BCUT2D eigenvalue weighted by molar-refractivity contribution is -0.140. The summed E-state index contributed by atoms with van der Waals surface area (Å²) < 4.78 is 0. The number of carbonyl (C=O) groups is 1. The van der Waals surface area contributed by atoms with Crippen LogP contribution < -0.4 is 4.90 Å². The Morgan fingerprint density at radius 1 is 1.45 bits per heavy atom. The number of aliphatic carboxylic acids is 1. The maximum Gasteiger partial charge on any atom is 0.308 e. The second kappa shape index (κ2) is 6.80. The highest BCUT2D eigenvalue weighted by Crippen LogP contribution is 2.32. The Kier molecular flexibility index (Phi) is 5.63. The average molecular weight is 296 g/mol. The summed E-state index contributed by atoms with van der Waals surface area (Å²) in [6.45, 7) is 12.5. The number of rotatable bonds is 6. The fourth-order valence-corrected chi connectivity index (χ4v) is 2.72. The van der Waals surface area contributed by atoms with Gasteiger partial charge in [-0.3, -0.25) is 4.79 Å². The van der Waals surface area contributed by atoms with Crippen LogP contribution in [0.5, 0.6) is 0 Å². The first-order valence-corrected chi connectivity index (χ1v) is 6.99. The molecule has 20 heavy (non-hydrogen) atoms. The van der Waals surface area contributed by atoms with Gasteiger partial charge in [0.25, 0.3) is 0 Å². The van der Waals surface area contributed by atoms with E-state index in [9.17, 15) is 4.79 Å². The van der Waals surface area contributed by atoms with Gasteiger partial charge in [-0.15, -0.1) is 0 Å². The maximum absolute atomic E-state index is 11.1. The van der Waals surface area contributed by atoms with E-state index in [0.717, 1.165) is 22.4 Å². The van der Waals surface area contributed by atoms with Crippen molar-refractivity contribution in [3.05, 3.63) is 40.4 Å². The molecule has 0 aliphatic rings. The van der Waals surface area contributed by atoms with Crippen molar-refractivity contribution in [1.29, 1.82) is 0 Å². The number of carboxylic acid groups (broad SMARTS) is 1. The van der Waals surface area contributed by atoms with Gasteiger partial charge in [0.2, 0.25) is 0 Å². The summed E-state index contributed by atoms with van der Waals surface area (Å²) in [5.41, 5.74) is 4.01. The van der Waals surface area contributed by atoms with Crippen LogP contribution in [0.2, 0.25) is 5.02 Å². The maximum atomic E-state index is 11.1. The molecule has 1 N–H and O–H groups in total. The number of aryl methyl sites for hydroxylation is 2. The van der Waals surface area contributed by atoms with Gasteiger partial charge in [-0.2, -0.15) is 0 Å². The van der Waals surface area contributed by atoms with E-state index in [-0.39, 0.29) is 0 Å². The van der Waals surface area contributed by atoms with Crippen molar-refractivity contribution in [2.75, 3.05) is 18.0 Å². The van der Waals surface area contributed by atoms with Gasteiger partial charge in [-0.05, 0) is 38.0 Å². The molecule has 0 aliphatic heterocycles. The van der Waals surface area contributed by atoms with Crippen LogP contribution in [0.4, 0.5) is 5.69 Å². The zero-order valence-corrected chi connectivity index (χ0v) is 13.3. The summed E-state index contributed by atoms with van der Waals surface area (Å²) in [5.74, 6) is -1.27. The molecule has 0 amide bonds. The van der Waals surface area contributed by atoms with E-state index >= 15 is 0 Å². The lowest BCUT2D eigenvalue weighted by atomic mass is 10.1. The zero-order valence-electron chi connectivity index (χ0n) is 12.5. The topological polar surface area (TPSA) is 40.5 Å². The van der Waals surface area contributed by atoms with Crippen LogP contribution in [0.1, 0.15) is 25.0 Å². The highest BCUT2D eigenvalue weighted by molar-refractivity contribution is 6.33. The van der Waals surface area contributed by atoms with Gasteiger partial charge in [0.05, 0.1) is 16.6 Å². The molecule has 0 radical (unpaired) electrons. The molecule has 1 aromatic carbocycles. The summed E-state index contributed by atoms with van der Waals surface area (Å²) in [7, 11) is 0. The van der Waals surface area contributed by atoms with Crippen molar-refractivity contribution in [2.45, 2.75) is 27.7 Å². The van der Waals surface area contributed by atoms with Crippen molar-refractivity contribution in [3.8, 4) is 0 Å². The molecule has 110 valence electrons. The first kappa shape index (κ1) is 16.6. The van der Waals surface area contributed by atoms with Gasteiger partial charge in [-0.1, -0.05) is 36.7 Å². The first-order chi connectivity index (χ1) is 9.22. The zero-order chi connectivity index (χ0) is 15.4. The number of hydrogen-bond donors (Lipinski definition) is 1. The van der Waals surface area contributed by atoms with Crippen LogP contribution >= 0.6 is 11.6 Å². The number of benzene rings is 1. The van der Waals surface area contributed by atoms with E-state index in [4.69, 9.17) is 16.7 Å². The van der Waals surface area contributed by atoms with E-state index in [1.807, 2.05) is 31.7 Å². The molecule has 0 saturated carbocycles. The van der Waals surface area contributed by atoms with Crippen molar-refractivity contribution in [3.63, 3.8) is 0 Å². The van der Waals surface area contributed by atoms with Crippen LogP contribution in [0.3, 0.4) is 0 Å². The summed E-state index contributed by atoms with van der Waals surface area (Å²) in [5, 5.41) is 9.77. The standard InChI is InChI=1S/C16H22ClNO2/c1-10(2)8-18(9-13(5)16(19)20)15-12(4)6-11(3)7-14(15)17/h6-7,13H,1,8-9H2,2-5H3,(H,19,20). The second-order valence-electron chi connectivity index (χ2n) is 5.49. The number of hydrogen-bond acceptors (Lipinski definition) is 2. The van der Waals surface area contributed by atoms with Gasteiger partial charge in [0.15, 0.2) is 0 Å². The molecule has 0 heterocycles. The van der Waals surface area contributed by atoms with Crippen LogP contribution in [-0.2, 0) is 4.79 Å². The third kappa shape index (κ3) is 4.27. The SMILES string of the molecule is C=C(C)CN(CC(C)C(=O)O)c1c(C)cc(C)cc1Cl. The molecule has 3 nitrogen and oxygen atoms in total. The van der Waals surface area contributed by atoms with E-state index in [1.165, 1.54) is 0 Å². The highest BCUT2D eigenvalue weighted by Gasteiger charge is 2.20. The van der Waals surface area contributed by atoms with Crippen LogP contribution in [0.25, 0.3) is 0 Å². The largest absolute Gasteiger partial charge is 0.481 e. The fourth-order valence-electron chi connectivity index (χ4n) is 2.28. The number of halogens is 1. The van der Waals surface area contributed by atoms with Crippen LogP contribution in [0.15, 0.2) is 24.3 Å². The number of nitrogens with zero attached hydrogens (tertiary/aromatic N) is 1. The molecule has 1 rings (SSSR count). The molecule has 1 atom stereocenters. The molecular formula is C16H22ClNO2. The van der Waals surface area contributed by atoms with Gasteiger partial charge in [0.1, 0.15) is 0 Å². The molecule has 0 saturated heterocycles. The Labute approximate surface area is 125 Å². The Morgan fingerprint density at radius 3 is 2.50 bits per heavy atom. The quantitative estimate of drug-likeness (QED) is 0.805. The van der Waals surface area contributed by atoms with Crippen LogP contribution in [-0.4, -0.2) is 24.2 Å². The predicted molar refractivity (Wildman–Crippen MR) is 84.8 cm³/mol. The summed E-state index contributed by atoms with van der Waals surface area (Å²) in [6.07, 6.45) is 0. The summed E-state index contributed by atoms with van der Waals surface area (Å²) >= 11 is 6.36. The highest BCUT2D eigenvalue weighted by atomic mass is 35.5. The third-order valence-electron chi connectivity index (χ3n) is 3.09. The fraction of sp³-hybridized carbons (Fsp3) is 0.438. The van der Waals surface area contributed by atoms with E-state index in [2.05, 4.69) is 12.6 Å². The van der Waals surface area contributed by atoms with Gasteiger partial charge in [-0.25, -0.2) is 0 Å². The number of anilines is 1. The first-order valence-electron chi connectivity index (χ1n) is 6.61. The van der Waals surface area contributed by atoms with Gasteiger partial charge in [0, 0.05) is 13.1 Å². The Balaban J connectivity index is 3.17. The van der Waals surface area contributed by atoms with E-state index in [1.54, 1.807) is 6.92 Å². The predicted octanol–water partition coefficient (Wildman–Crippen LogP) is 4.06. The van der Waals surface area contributed by atoms with Crippen LogP contribution in [0, 0.1) is 19.8 Å². The monoisotopic (exact) mass is 295 g/mol. The second-order valence-corrected chi connectivity index (χ2v) is 5.90. The molecule has 0 fully saturated rings. The molecule has 4 heteroatoms.